The Balaban J connectivity index is 2.36. The van der Waals surface area contributed by atoms with Crippen LogP contribution in [0.4, 0.5) is 10.1 Å². The van der Waals surface area contributed by atoms with Gasteiger partial charge in [-0.1, -0.05) is 22.0 Å². The number of hydrogen-bond donors (Lipinski definition) is 2. The van der Waals surface area contributed by atoms with Crippen LogP contribution in [0.25, 0.3) is 0 Å². The summed E-state index contributed by atoms with van der Waals surface area (Å²) in [5.41, 5.74) is 0.651. The monoisotopic (exact) mass is 400 g/mol. The Morgan fingerprint density at radius 1 is 1.17 bits per heavy atom. The van der Waals surface area contributed by atoms with Crippen molar-refractivity contribution >= 4 is 37.5 Å². The minimum Gasteiger partial charge on any atom is -0.322 e. The summed E-state index contributed by atoms with van der Waals surface area (Å²) in [6.45, 7) is 1.64. The summed E-state index contributed by atoms with van der Waals surface area (Å²) in [5.74, 6) is -1.33. The van der Waals surface area contributed by atoms with E-state index < -0.39 is 21.7 Å². The standard InChI is InChI=1S/C15H14BrFN2O3S/c1-9-3-5-11(8-14(9)23(21,22)18-2)19-15(20)12-7-10(16)4-6-13(12)17/h3-8,18H,1-2H3,(H,19,20). The minimum absolute atomic E-state index is 0.0486. The van der Waals surface area contributed by atoms with Crippen molar-refractivity contribution in [1.29, 1.82) is 0 Å². The van der Waals surface area contributed by atoms with Gasteiger partial charge >= 0.3 is 0 Å². The van der Waals surface area contributed by atoms with E-state index in [4.69, 9.17) is 0 Å². The van der Waals surface area contributed by atoms with Crippen LogP contribution in [-0.4, -0.2) is 21.4 Å². The molecular formula is C15H14BrFN2O3S. The van der Waals surface area contributed by atoms with Crippen LogP contribution in [-0.2, 0) is 10.0 Å². The second-order valence-electron chi connectivity index (χ2n) is 4.77. The number of carbonyl (C=O) groups is 1. The number of nitrogens with one attached hydrogen (secondary N) is 2. The lowest BCUT2D eigenvalue weighted by Crippen LogP contribution is -2.20. The molecule has 0 saturated carbocycles. The molecule has 0 aliphatic rings. The van der Waals surface area contributed by atoms with Gasteiger partial charge in [0.15, 0.2) is 0 Å². The van der Waals surface area contributed by atoms with E-state index in [0.29, 0.717) is 10.0 Å². The number of carbonyl (C=O) groups excluding carboxylic acids is 1. The van der Waals surface area contributed by atoms with Crippen molar-refractivity contribution < 1.29 is 17.6 Å². The van der Waals surface area contributed by atoms with E-state index in [1.807, 2.05) is 0 Å². The highest BCUT2D eigenvalue weighted by atomic mass is 79.9. The zero-order chi connectivity index (χ0) is 17.2. The Morgan fingerprint density at radius 3 is 2.52 bits per heavy atom. The molecule has 1 amide bonds. The summed E-state index contributed by atoms with van der Waals surface area (Å²) in [7, 11) is -2.35. The van der Waals surface area contributed by atoms with Gasteiger partial charge in [-0.3, -0.25) is 4.79 Å². The average Bonchev–Trinajstić information content (AvgIpc) is 2.51. The van der Waals surface area contributed by atoms with Crippen molar-refractivity contribution in [2.45, 2.75) is 11.8 Å². The van der Waals surface area contributed by atoms with Crippen LogP contribution in [0, 0.1) is 12.7 Å². The molecule has 8 heteroatoms. The number of anilines is 1. The molecule has 0 heterocycles. The second-order valence-corrected chi connectivity index (χ2v) is 7.54. The lowest BCUT2D eigenvalue weighted by Gasteiger charge is -2.11. The maximum absolute atomic E-state index is 13.7. The number of aryl methyl sites for hydroxylation is 1. The van der Waals surface area contributed by atoms with Crippen molar-refractivity contribution in [2.75, 3.05) is 12.4 Å². The number of rotatable bonds is 4. The molecule has 0 aliphatic heterocycles. The number of hydrogen-bond acceptors (Lipinski definition) is 3. The summed E-state index contributed by atoms with van der Waals surface area (Å²) in [6, 6.07) is 8.45. The lowest BCUT2D eigenvalue weighted by molar-refractivity contribution is 0.102. The van der Waals surface area contributed by atoms with Gasteiger partial charge in [-0.15, -0.1) is 0 Å². The van der Waals surface area contributed by atoms with Gasteiger partial charge in [0.05, 0.1) is 10.5 Å². The Bertz CT molecular complexity index is 869. The maximum Gasteiger partial charge on any atom is 0.258 e. The van der Waals surface area contributed by atoms with Crippen LogP contribution < -0.4 is 10.0 Å². The van der Waals surface area contributed by atoms with Crippen LogP contribution in [0.2, 0.25) is 0 Å². The van der Waals surface area contributed by atoms with Gasteiger partial charge < -0.3 is 5.32 Å². The average molecular weight is 401 g/mol. The first-order valence-corrected chi connectivity index (χ1v) is 8.83. The van der Waals surface area contributed by atoms with Crippen molar-refractivity contribution in [2.24, 2.45) is 0 Å². The van der Waals surface area contributed by atoms with Gasteiger partial charge in [-0.2, -0.15) is 0 Å². The van der Waals surface area contributed by atoms with Crippen molar-refractivity contribution in [3.8, 4) is 0 Å². The molecule has 0 aromatic heterocycles. The molecule has 23 heavy (non-hydrogen) atoms. The molecule has 0 unspecified atom stereocenters. The molecule has 0 fully saturated rings. The van der Waals surface area contributed by atoms with Crippen LogP contribution in [0.15, 0.2) is 45.8 Å². The van der Waals surface area contributed by atoms with Crippen LogP contribution in [0.1, 0.15) is 15.9 Å². The number of amides is 1. The summed E-state index contributed by atoms with van der Waals surface area (Å²) >= 11 is 3.17. The molecule has 122 valence electrons. The van der Waals surface area contributed by atoms with Gasteiger partial charge in [0.25, 0.3) is 5.91 Å². The fourth-order valence-corrected chi connectivity index (χ4v) is 3.30. The number of sulfonamides is 1. The minimum atomic E-state index is -3.65. The Kier molecular flexibility index (Phi) is 5.18. The molecule has 2 aromatic rings. The zero-order valence-corrected chi connectivity index (χ0v) is 14.8. The smallest absolute Gasteiger partial charge is 0.258 e. The van der Waals surface area contributed by atoms with E-state index in [9.17, 15) is 17.6 Å². The third-order valence-electron chi connectivity index (χ3n) is 3.18. The van der Waals surface area contributed by atoms with E-state index in [1.54, 1.807) is 19.1 Å². The van der Waals surface area contributed by atoms with Crippen molar-refractivity contribution in [1.82, 2.24) is 4.72 Å². The van der Waals surface area contributed by atoms with Crippen molar-refractivity contribution in [3.63, 3.8) is 0 Å². The predicted octanol–water partition coefficient (Wildman–Crippen LogP) is 3.06. The van der Waals surface area contributed by atoms with Gasteiger partial charge in [-0.25, -0.2) is 17.5 Å². The van der Waals surface area contributed by atoms with Gasteiger partial charge in [-0.05, 0) is 49.9 Å². The largest absolute Gasteiger partial charge is 0.322 e. The predicted molar refractivity (Wildman–Crippen MR) is 89.5 cm³/mol. The quantitative estimate of drug-likeness (QED) is 0.827. The van der Waals surface area contributed by atoms with E-state index in [-0.39, 0.29) is 16.1 Å². The molecule has 0 spiro atoms. The van der Waals surface area contributed by atoms with E-state index >= 15 is 0 Å². The summed E-state index contributed by atoms with van der Waals surface area (Å²) in [4.78, 5) is 12.2. The molecule has 0 aliphatic carbocycles. The van der Waals surface area contributed by atoms with Crippen LogP contribution >= 0.6 is 15.9 Å². The van der Waals surface area contributed by atoms with Gasteiger partial charge in [0.2, 0.25) is 10.0 Å². The third-order valence-corrected chi connectivity index (χ3v) is 5.23. The third kappa shape index (κ3) is 3.95. The summed E-state index contributed by atoms with van der Waals surface area (Å²) in [6.07, 6.45) is 0. The molecule has 5 nitrogen and oxygen atoms in total. The van der Waals surface area contributed by atoms with Crippen molar-refractivity contribution in [3.05, 3.63) is 57.8 Å². The van der Waals surface area contributed by atoms with E-state index in [1.165, 1.54) is 31.3 Å². The number of halogens is 2. The molecule has 2 rings (SSSR count). The molecule has 0 atom stereocenters. The fraction of sp³-hybridized carbons (Fsp3) is 0.133. The molecule has 2 aromatic carbocycles. The molecule has 0 radical (unpaired) electrons. The van der Waals surface area contributed by atoms with Gasteiger partial charge in [0, 0.05) is 10.2 Å². The Hall–Kier alpha value is -1.77. The van der Waals surface area contributed by atoms with Crippen LogP contribution in [0.5, 0.6) is 0 Å². The van der Waals surface area contributed by atoms with E-state index in [0.717, 1.165) is 0 Å². The van der Waals surface area contributed by atoms with Crippen LogP contribution in [0.3, 0.4) is 0 Å². The highest BCUT2D eigenvalue weighted by Gasteiger charge is 2.17. The second kappa shape index (κ2) is 6.77. The Morgan fingerprint density at radius 2 is 1.87 bits per heavy atom. The summed E-state index contributed by atoms with van der Waals surface area (Å²) < 4.78 is 40.4. The molecule has 2 N–H and O–H groups in total. The Labute approximate surface area is 142 Å². The first kappa shape index (κ1) is 17.6. The SMILES string of the molecule is CNS(=O)(=O)c1cc(NC(=O)c2cc(Br)ccc2F)ccc1C. The molecule has 0 bridgehead atoms. The number of benzene rings is 2. The molecular weight excluding hydrogens is 387 g/mol. The highest BCUT2D eigenvalue weighted by Crippen LogP contribution is 2.22. The normalized spacial score (nSPS) is 11.3. The lowest BCUT2D eigenvalue weighted by atomic mass is 10.2. The highest BCUT2D eigenvalue weighted by molar-refractivity contribution is 9.10. The zero-order valence-electron chi connectivity index (χ0n) is 12.4. The summed E-state index contributed by atoms with van der Waals surface area (Å²) in [5, 5.41) is 2.50. The molecule has 0 saturated heterocycles. The van der Waals surface area contributed by atoms with Gasteiger partial charge in [0.1, 0.15) is 5.82 Å². The maximum atomic E-state index is 13.7. The fourth-order valence-electron chi connectivity index (χ4n) is 1.95. The first-order valence-electron chi connectivity index (χ1n) is 6.55. The topological polar surface area (TPSA) is 75.3 Å². The first-order chi connectivity index (χ1) is 10.7. The van der Waals surface area contributed by atoms with E-state index in [2.05, 4.69) is 26.0 Å².